The number of amides is 1. The van der Waals surface area contributed by atoms with E-state index >= 15 is 0 Å². The second-order valence-corrected chi connectivity index (χ2v) is 4.99. The summed E-state index contributed by atoms with van der Waals surface area (Å²) < 4.78 is 53.2. The molecule has 130 valence electrons. The maximum absolute atomic E-state index is 13.3. The van der Waals surface area contributed by atoms with E-state index in [1.807, 2.05) is 0 Å². The number of rotatable bonds is 5. The van der Waals surface area contributed by atoms with Crippen LogP contribution in [0.25, 0.3) is 0 Å². The molecule has 2 aromatic rings. The van der Waals surface area contributed by atoms with Crippen molar-refractivity contribution in [2.24, 2.45) is 0 Å². The molecule has 0 spiro atoms. The van der Waals surface area contributed by atoms with Crippen molar-refractivity contribution in [1.82, 2.24) is 15.1 Å². The Bertz CT molecular complexity index is 741. The van der Waals surface area contributed by atoms with Crippen LogP contribution >= 0.6 is 0 Å². The monoisotopic (exact) mass is 345 g/mol. The number of benzene rings is 1. The topological polar surface area (TPSA) is 67.2 Å². The van der Waals surface area contributed by atoms with Gasteiger partial charge in [0.25, 0.3) is 5.91 Å². The fraction of sp³-hybridized carbons (Fsp3) is 0.333. The zero-order valence-electron chi connectivity index (χ0n) is 12.7. The normalized spacial score (nSPS) is 11.6. The number of nitrogens with zero attached hydrogens (tertiary/aromatic N) is 2. The van der Waals surface area contributed by atoms with Crippen LogP contribution in [0.4, 0.5) is 17.6 Å². The Kier molecular flexibility index (Phi) is 5.23. The number of aromatic nitrogens is 2. The van der Waals surface area contributed by atoms with Crippen LogP contribution in [0.3, 0.4) is 0 Å². The van der Waals surface area contributed by atoms with E-state index in [9.17, 15) is 22.4 Å². The van der Waals surface area contributed by atoms with Crippen molar-refractivity contribution in [3.63, 3.8) is 0 Å². The van der Waals surface area contributed by atoms with Crippen molar-refractivity contribution >= 4 is 5.91 Å². The maximum atomic E-state index is 13.3. The smallest absolute Gasteiger partial charge is 0.392 e. The zero-order chi connectivity index (χ0) is 17.9. The number of aliphatic hydroxyl groups is 1. The minimum atomic E-state index is -4.71. The maximum Gasteiger partial charge on any atom is 0.433 e. The standard InChI is InChI=1S/C15H15F4N3O2/c1-2-22-13(15(17,18)19)11(7-21-22)14(24)20-6-9-3-4-12(16)10(5-9)8-23/h3-5,7,23H,2,6,8H2,1H3,(H,20,24). The largest absolute Gasteiger partial charge is 0.433 e. The predicted octanol–water partition coefficient (Wildman–Crippen LogP) is 2.48. The van der Waals surface area contributed by atoms with Crippen LogP contribution in [0.1, 0.15) is 34.1 Å². The molecule has 9 heteroatoms. The number of nitrogens with one attached hydrogen (secondary N) is 1. The number of alkyl halides is 3. The van der Waals surface area contributed by atoms with Crippen LogP contribution in [0.5, 0.6) is 0 Å². The fourth-order valence-electron chi connectivity index (χ4n) is 2.23. The molecule has 0 aliphatic carbocycles. The first-order valence-corrected chi connectivity index (χ1v) is 7.07. The van der Waals surface area contributed by atoms with Gasteiger partial charge in [0.2, 0.25) is 0 Å². The SMILES string of the molecule is CCn1ncc(C(=O)NCc2ccc(F)c(CO)c2)c1C(F)(F)F. The Morgan fingerprint density at radius 3 is 2.67 bits per heavy atom. The van der Waals surface area contributed by atoms with E-state index in [1.54, 1.807) is 0 Å². The number of halogens is 4. The summed E-state index contributed by atoms with van der Waals surface area (Å²) in [6, 6.07) is 3.81. The molecule has 0 unspecified atom stereocenters. The molecule has 1 heterocycles. The number of carbonyl (C=O) groups excluding carboxylic acids is 1. The van der Waals surface area contributed by atoms with Crippen molar-refractivity contribution in [1.29, 1.82) is 0 Å². The highest BCUT2D eigenvalue weighted by Gasteiger charge is 2.39. The Balaban J connectivity index is 2.18. The van der Waals surface area contributed by atoms with Gasteiger partial charge in [-0.25, -0.2) is 4.39 Å². The molecule has 0 aliphatic heterocycles. The van der Waals surface area contributed by atoms with E-state index in [1.165, 1.54) is 19.1 Å². The van der Waals surface area contributed by atoms with Gasteiger partial charge in [0.05, 0.1) is 18.4 Å². The summed E-state index contributed by atoms with van der Waals surface area (Å²) in [7, 11) is 0. The molecule has 2 rings (SSSR count). The van der Waals surface area contributed by atoms with Gasteiger partial charge in [0.1, 0.15) is 5.82 Å². The van der Waals surface area contributed by atoms with Crippen molar-refractivity contribution in [3.8, 4) is 0 Å². The first-order valence-electron chi connectivity index (χ1n) is 7.07. The number of hydrogen-bond donors (Lipinski definition) is 2. The molecule has 5 nitrogen and oxygen atoms in total. The third-order valence-electron chi connectivity index (χ3n) is 3.39. The van der Waals surface area contributed by atoms with Crippen molar-refractivity contribution in [2.45, 2.75) is 32.8 Å². The van der Waals surface area contributed by atoms with Crippen LogP contribution in [0.15, 0.2) is 24.4 Å². The quantitative estimate of drug-likeness (QED) is 0.818. The van der Waals surface area contributed by atoms with Crippen molar-refractivity contribution in [3.05, 3.63) is 52.6 Å². The molecule has 0 fully saturated rings. The van der Waals surface area contributed by atoms with Gasteiger partial charge in [-0.05, 0) is 24.6 Å². The minimum absolute atomic E-state index is 0.0278. The Hall–Kier alpha value is -2.42. The Morgan fingerprint density at radius 1 is 1.38 bits per heavy atom. The summed E-state index contributed by atoms with van der Waals surface area (Å²) in [6.07, 6.45) is -3.84. The summed E-state index contributed by atoms with van der Waals surface area (Å²) in [5.41, 5.74) is -1.20. The molecular formula is C15H15F4N3O2. The molecule has 0 atom stereocenters. The van der Waals surface area contributed by atoms with Crippen LogP contribution in [0.2, 0.25) is 0 Å². The highest BCUT2D eigenvalue weighted by Crippen LogP contribution is 2.32. The summed E-state index contributed by atoms with van der Waals surface area (Å²) in [5, 5.41) is 14.9. The van der Waals surface area contributed by atoms with Gasteiger partial charge in [-0.3, -0.25) is 9.48 Å². The second kappa shape index (κ2) is 7.00. The highest BCUT2D eigenvalue weighted by molar-refractivity contribution is 5.95. The molecule has 0 saturated carbocycles. The summed E-state index contributed by atoms with van der Waals surface area (Å²) in [5.74, 6) is -1.53. The van der Waals surface area contributed by atoms with E-state index in [-0.39, 0.29) is 18.7 Å². The Labute approximate surface area is 134 Å². The lowest BCUT2D eigenvalue weighted by atomic mass is 10.1. The molecule has 0 saturated heterocycles. The van der Waals surface area contributed by atoms with Gasteiger partial charge < -0.3 is 10.4 Å². The van der Waals surface area contributed by atoms with Crippen LogP contribution in [-0.4, -0.2) is 20.8 Å². The summed E-state index contributed by atoms with van der Waals surface area (Å²) in [4.78, 5) is 12.0. The van der Waals surface area contributed by atoms with E-state index in [4.69, 9.17) is 5.11 Å². The second-order valence-electron chi connectivity index (χ2n) is 4.99. The van der Waals surface area contributed by atoms with Gasteiger partial charge >= 0.3 is 6.18 Å². The molecule has 1 aromatic heterocycles. The molecule has 0 aliphatic rings. The molecule has 24 heavy (non-hydrogen) atoms. The first-order chi connectivity index (χ1) is 11.3. The summed E-state index contributed by atoms with van der Waals surface area (Å²) >= 11 is 0. The third kappa shape index (κ3) is 3.73. The Morgan fingerprint density at radius 2 is 2.08 bits per heavy atom. The van der Waals surface area contributed by atoms with Crippen LogP contribution in [-0.2, 0) is 25.9 Å². The van der Waals surface area contributed by atoms with Crippen molar-refractivity contribution < 1.29 is 27.5 Å². The zero-order valence-corrected chi connectivity index (χ0v) is 12.7. The van der Waals surface area contributed by atoms with E-state index < -0.39 is 35.8 Å². The van der Waals surface area contributed by atoms with Gasteiger partial charge in [-0.15, -0.1) is 0 Å². The number of hydrogen-bond acceptors (Lipinski definition) is 3. The minimum Gasteiger partial charge on any atom is -0.392 e. The first kappa shape index (κ1) is 17.9. The van der Waals surface area contributed by atoms with E-state index in [0.29, 0.717) is 10.2 Å². The van der Waals surface area contributed by atoms with Gasteiger partial charge in [0, 0.05) is 18.7 Å². The van der Waals surface area contributed by atoms with Gasteiger partial charge in [-0.2, -0.15) is 18.3 Å². The molecule has 0 radical (unpaired) electrons. The van der Waals surface area contributed by atoms with Gasteiger partial charge in [0.15, 0.2) is 5.69 Å². The molecule has 1 aromatic carbocycles. The predicted molar refractivity (Wildman–Crippen MR) is 76.4 cm³/mol. The number of aryl methyl sites for hydroxylation is 1. The van der Waals surface area contributed by atoms with Gasteiger partial charge in [-0.1, -0.05) is 6.07 Å². The van der Waals surface area contributed by atoms with E-state index in [2.05, 4.69) is 10.4 Å². The fourth-order valence-corrected chi connectivity index (χ4v) is 2.23. The number of carbonyl (C=O) groups is 1. The average Bonchev–Trinajstić information content (AvgIpc) is 2.98. The lowest BCUT2D eigenvalue weighted by Gasteiger charge is -2.12. The highest BCUT2D eigenvalue weighted by atomic mass is 19.4. The number of aliphatic hydroxyl groups excluding tert-OH is 1. The summed E-state index contributed by atoms with van der Waals surface area (Å²) in [6.45, 7) is 0.828. The van der Waals surface area contributed by atoms with Crippen LogP contribution in [0, 0.1) is 5.82 Å². The lowest BCUT2D eigenvalue weighted by molar-refractivity contribution is -0.144. The molecule has 2 N–H and O–H groups in total. The third-order valence-corrected chi connectivity index (χ3v) is 3.39. The molecular weight excluding hydrogens is 330 g/mol. The lowest BCUT2D eigenvalue weighted by Crippen LogP contribution is -2.26. The molecule has 1 amide bonds. The van der Waals surface area contributed by atoms with Crippen molar-refractivity contribution in [2.75, 3.05) is 0 Å². The van der Waals surface area contributed by atoms with E-state index in [0.717, 1.165) is 12.3 Å². The van der Waals surface area contributed by atoms with Crippen LogP contribution < -0.4 is 5.32 Å². The average molecular weight is 345 g/mol. The molecule has 0 bridgehead atoms.